The molecule has 1 fully saturated rings. The van der Waals surface area contributed by atoms with Crippen LogP contribution in [0.15, 0.2) is 0 Å². The molecule has 1 aliphatic rings. The highest BCUT2D eigenvalue weighted by Crippen LogP contribution is 2.30. The van der Waals surface area contributed by atoms with Crippen LogP contribution in [0.3, 0.4) is 0 Å². The molecule has 0 heterocycles. The summed E-state index contributed by atoms with van der Waals surface area (Å²) in [5, 5.41) is 9.16. The molecule has 0 aromatic heterocycles. The molecule has 4 heteroatoms. The van der Waals surface area contributed by atoms with Gasteiger partial charge in [0.25, 0.3) is 0 Å². The average Bonchev–Trinajstić information content (AvgIpc) is 2.22. The molecular weight excluding hydrogens is 204 g/mol. The zero-order valence-corrected chi connectivity index (χ0v) is 10.1. The number of hydrogen-bond donors (Lipinski definition) is 3. The predicted molar refractivity (Wildman–Crippen MR) is 64.3 cm³/mol. The van der Waals surface area contributed by atoms with Gasteiger partial charge in [-0.1, -0.05) is 19.3 Å². The van der Waals surface area contributed by atoms with Crippen LogP contribution in [-0.4, -0.2) is 23.2 Å². The van der Waals surface area contributed by atoms with Crippen LogP contribution < -0.4 is 11.5 Å². The van der Waals surface area contributed by atoms with Gasteiger partial charge in [0, 0.05) is 6.04 Å². The van der Waals surface area contributed by atoms with Crippen LogP contribution in [0.25, 0.3) is 0 Å². The highest BCUT2D eigenvalue weighted by atomic mass is 16.3. The largest absolute Gasteiger partial charge is 0.382 e. The Hall–Kier alpha value is -1.05. The molecule has 1 aliphatic carbocycles. The van der Waals surface area contributed by atoms with Crippen LogP contribution in [0.4, 0.5) is 0 Å². The Morgan fingerprint density at radius 1 is 1.44 bits per heavy atom. The molecule has 0 bridgehead atoms. The fourth-order valence-corrected chi connectivity index (χ4v) is 1.45. The van der Waals surface area contributed by atoms with Crippen molar-refractivity contribution in [2.75, 3.05) is 0 Å². The van der Waals surface area contributed by atoms with Gasteiger partial charge < -0.3 is 16.6 Å². The minimum atomic E-state index is -1.18. The van der Waals surface area contributed by atoms with E-state index in [0.717, 1.165) is 0 Å². The number of carbonyl (C=O) groups excluding carboxylic acids is 1. The van der Waals surface area contributed by atoms with Crippen molar-refractivity contribution < 1.29 is 9.90 Å². The first-order valence-corrected chi connectivity index (χ1v) is 5.59. The van der Waals surface area contributed by atoms with Crippen molar-refractivity contribution in [3.8, 4) is 11.8 Å². The van der Waals surface area contributed by atoms with E-state index in [9.17, 15) is 4.79 Å². The summed E-state index contributed by atoms with van der Waals surface area (Å²) in [4.78, 5) is 10.5. The van der Waals surface area contributed by atoms with Gasteiger partial charge in [-0.05, 0) is 26.2 Å². The molecule has 92 valence electrons. The Morgan fingerprint density at radius 3 is 2.19 bits per heavy atom. The Bertz CT molecular complexity index is 258. The maximum absolute atomic E-state index is 10.5. The SMILES string of the molecule is CC#CC.NC(=O)C(O)C(N)CC1CCC1. The van der Waals surface area contributed by atoms with Crippen molar-refractivity contribution in [1.82, 2.24) is 0 Å². The number of primary amides is 1. The zero-order valence-electron chi connectivity index (χ0n) is 10.1. The smallest absolute Gasteiger partial charge is 0.247 e. The number of aliphatic hydroxyl groups excluding tert-OH is 1. The first kappa shape index (κ1) is 14.9. The van der Waals surface area contributed by atoms with Gasteiger partial charge in [0.15, 0.2) is 0 Å². The highest BCUT2D eigenvalue weighted by molar-refractivity contribution is 5.79. The van der Waals surface area contributed by atoms with E-state index in [-0.39, 0.29) is 0 Å². The number of aliphatic hydroxyl groups is 1. The van der Waals surface area contributed by atoms with E-state index in [1.54, 1.807) is 0 Å². The molecule has 2 atom stereocenters. The maximum atomic E-state index is 10.5. The van der Waals surface area contributed by atoms with Gasteiger partial charge in [0.05, 0.1) is 0 Å². The first-order chi connectivity index (χ1) is 7.52. The Kier molecular flexibility index (Phi) is 7.61. The summed E-state index contributed by atoms with van der Waals surface area (Å²) in [6, 6.07) is -0.479. The van der Waals surface area contributed by atoms with Gasteiger partial charge in [-0.3, -0.25) is 4.79 Å². The first-order valence-electron chi connectivity index (χ1n) is 5.59. The van der Waals surface area contributed by atoms with Crippen LogP contribution >= 0.6 is 0 Å². The second kappa shape index (κ2) is 8.14. The molecule has 1 amide bonds. The second-order valence-corrected chi connectivity index (χ2v) is 4.04. The van der Waals surface area contributed by atoms with E-state index < -0.39 is 18.1 Å². The van der Waals surface area contributed by atoms with Crippen LogP contribution in [0.5, 0.6) is 0 Å². The van der Waals surface area contributed by atoms with Crippen LogP contribution in [0.2, 0.25) is 0 Å². The van der Waals surface area contributed by atoms with Crippen molar-refractivity contribution in [1.29, 1.82) is 0 Å². The fraction of sp³-hybridized carbons (Fsp3) is 0.750. The van der Waals surface area contributed by atoms with E-state index in [1.165, 1.54) is 19.3 Å². The second-order valence-electron chi connectivity index (χ2n) is 4.04. The van der Waals surface area contributed by atoms with E-state index in [2.05, 4.69) is 11.8 Å². The van der Waals surface area contributed by atoms with Crippen LogP contribution in [0, 0.1) is 17.8 Å². The summed E-state index contributed by atoms with van der Waals surface area (Å²) in [6.45, 7) is 3.64. The standard InChI is InChI=1S/C8H16N2O2.C4H6/c9-6(7(11)8(10)12)4-5-2-1-3-5;1-3-4-2/h5-7,11H,1-4,9H2,(H2,10,12);1-2H3. The quantitative estimate of drug-likeness (QED) is 0.605. The molecule has 5 N–H and O–H groups in total. The molecule has 0 saturated heterocycles. The summed E-state index contributed by atoms with van der Waals surface area (Å²) in [5.74, 6) is 5.23. The number of amides is 1. The number of hydrogen-bond acceptors (Lipinski definition) is 3. The molecule has 0 radical (unpaired) electrons. The number of rotatable bonds is 4. The molecule has 2 unspecified atom stereocenters. The van der Waals surface area contributed by atoms with Gasteiger partial charge in [-0.2, -0.15) is 0 Å². The van der Waals surface area contributed by atoms with E-state index in [1.807, 2.05) is 13.8 Å². The third kappa shape index (κ3) is 5.74. The third-order valence-electron chi connectivity index (χ3n) is 2.78. The summed E-state index contributed by atoms with van der Waals surface area (Å²) in [7, 11) is 0. The van der Waals surface area contributed by atoms with Gasteiger partial charge >= 0.3 is 0 Å². The minimum absolute atomic E-state index is 0.479. The van der Waals surface area contributed by atoms with Crippen LogP contribution in [0.1, 0.15) is 39.5 Å². The maximum Gasteiger partial charge on any atom is 0.247 e. The molecular formula is C12H22N2O2. The van der Waals surface area contributed by atoms with Crippen molar-refractivity contribution >= 4 is 5.91 Å². The highest BCUT2D eigenvalue weighted by Gasteiger charge is 2.26. The van der Waals surface area contributed by atoms with Gasteiger partial charge in [0.1, 0.15) is 6.10 Å². The van der Waals surface area contributed by atoms with E-state index >= 15 is 0 Å². The summed E-state index contributed by atoms with van der Waals surface area (Å²) >= 11 is 0. The van der Waals surface area contributed by atoms with Gasteiger partial charge in [-0.15, -0.1) is 11.8 Å². The Balaban J connectivity index is 0.000000487. The fourth-order valence-electron chi connectivity index (χ4n) is 1.45. The Morgan fingerprint density at radius 2 is 1.94 bits per heavy atom. The number of nitrogens with two attached hydrogens (primary N) is 2. The normalized spacial score (nSPS) is 18.0. The van der Waals surface area contributed by atoms with Gasteiger partial charge in [-0.25, -0.2) is 0 Å². The van der Waals surface area contributed by atoms with Gasteiger partial charge in [0.2, 0.25) is 5.91 Å². The lowest BCUT2D eigenvalue weighted by molar-refractivity contribution is -0.127. The summed E-state index contributed by atoms with van der Waals surface area (Å²) in [5.41, 5.74) is 10.5. The molecule has 0 aliphatic heterocycles. The van der Waals surface area contributed by atoms with Crippen LogP contribution in [-0.2, 0) is 4.79 Å². The zero-order chi connectivity index (χ0) is 12.6. The topological polar surface area (TPSA) is 89.3 Å². The summed E-state index contributed by atoms with van der Waals surface area (Å²) in [6.07, 6.45) is 3.11. The third-order valence-corrected chi connectivity index (χ3v) is 2.78. The monoisotopic (exact) mass is 226 g/mol. The molecule has 4 nitrogen and oxygen atoms in total. The molecule has 0 aromatic rings. The van der Waals surface area contributed by atoms with Crippen molar-refractivity contribution in [3.63, 3.8) is 0 Å². The van der Waals surface area contributed by atoms with E-state index in [4.69, 9.17) is 16.6 Å². The molecule has 0 aromatic carbocycles. The number of carbonyl (C=O) groups is 1. The molecule has 1 saturated carbocycles. The van der Waals surface area contributed by atoms with E-state index in [0.29, 0.717) is 12.3 Å². The predicted octanol–water partition coefficient (Wildman–Crippen LogP) is 0.380. The Labute approximate surface area is 97.4 Å². The lowest BCUT2D eigenvalue weighted by Gasteiger charge is -2.29. The lowest BCUT2D eigenvalue weighted by Crippen LogP contribution is -2.45. The molecule has 0 spiro atoms. The summed E-state index contributed by atoms with van der Waals surface area (Å²) < 4.78 is 0. The minimum Gasteiger partial charge on any atom is -0.382 e. The lowest BCUT2D eigenvalue weighted by atomic mass is 9.80. The molecule has 16 heavy (non-hydrogen) atoms. The van der Waals surface area contributed by atoms with Crippen molar-refractivity contribution in [2.45, 2.75) is 51.7 Å². The van der Waals surface area contributed by atoms with Crippen molar-refractivity contribution in [2.24, 2.45) is 17.4 Å². The van der Waals surface area contributed by atoms with Crippen molar-refractivity contribution in [3.05, 3.63) is 0 Å². The molecule has 1 rings (SSSR count). The average molecular weight is 226 g/mol.